The molecule has 2 rings (SSSR count). The van der Waals surface area contributed by atoms with Gasteiger partial charge in [-0.05, 0) is 13.8 Å². The number of hydrogen-bond donors (Lipinski definition) is 1. The number of rotatable bonds is 3. The fraction of sp³-hybridized carbons (Fsp3) is 0.333. The van der Waals surface area contributed by atoms with E-state index in [0.29, 0.717) is 5.69 Å². The van der Waals surface area contributed by atoms with Crippen LogP contribution in [0.4, 0.5) is 0 Å². The standard InChI is InChI=1S/C12H15N3O/c1-9(2)15-12(11(8-16)13-14-15)10-6-4-3-5-7-10/h3-7,9,16H,8H2,1-2H3. The van der Waals surface area contributed by atoms with Gasteiger partial charge in [0.1, 0.15) is 5.69 Å². The highest BCUT2D eigenvalue weighted by atomic mass is 16.3. The summed E-state index contributed by atoms with van der Waals surface area (Å²) in [6.45, 7) is 4.00. The summed E-state index contributed by atoms with van der Waals surface area (Å²) < 4.78 is 1.83. The number of nitrogens with zero attached hydrogens (tertiary/aromatic N) is 3. The fourth-order valence-electron chi connectivity index (χ4n) is 1.69. The van der Waals surface area contributed by atoms with Gasteiger partial charge in [-0.3, -0.25) is 0 Å². The zero-order valence-corrected chi connectivity index (χ0v) is 9.46. The minimum absolute atomic E-state index is 0.0864. The third-order valence-electron chi connectivity index (χ3n) is 2.45. The van der Waals surface area contributed by atoms with Crippen molar-refractivity contribution >= 4 is 0 Å². The molecule has 0 bridgehead atoms. The topological polar surface area (TPSA) is 50.9 Å². The molecule has 16 heavy (non-hydrogen) atoms. The maximum atomic E-state index is 9.26. The summed E-state index contributed by atoms with van der Waals surface area (Å²) >= 11 is 0. The van der Waals surface area contributed by atoms with Crippen molar-refractivity contribution in [3.8, 4) is 11.3 Å². The molecule has 1 aromatic heterocycles. The Kier molecular flexibility index (Phi) is 3.01. The van der Waals surface area contributed by atoms with Crippen molar-refractivity contribution in [1.29, 1.82) is 0 Å². The SMILES string of the molecule is CC(C)n1nnc(CO)c1-c1ccccc1. The molecule has 4 heteroatoms. The van der Waals surface area contributed by atoms with Crippen molar-refractivity contribution in [2.75, 3.05) is 0 Å². The number of aromatic nitrogens is 3. The summed E-state index contributed by atoms with van der Waals surface area (Å²) in [5, 5.41) is 17.3. The zero-order valence-electron chi connectivity index (χ0n) is 9.46. The highest BCUT2D eigenvalue weighted by Gasteiger charge is 2.15. The van der Waals surface area contributed by atoms with E-state index in [1.165, 1.54) is 0 Å². The molecule has 2 aromatic rings. The monoisotopic (exact) mass is 217 g/mol. The normalized spacial score (nSPS) is 11.0. The smallest absolute Gasteiger partial charge is 0.116 e. The van der Waals surface area contributed by atoms with E-state index in [-0.39, 0.29) is 12.6 Å². The fourth-order valence-corrected chi connectivity index (χ4v) is 1.69. The zero-order chi connectivity index (χ0) is 11.5. The molecule has 1 heterocycles. The van der Waals surface area contributed by atoms with E-state index in [4.69, 9.17) is 0 Å². The number of aliphatic hydroxyl groups excluding tert-OH is 1. The van der Waals surface area contributed by atoms with E-state index in [9.17, 15) is 5.11 Å². The van der Waals surface area contributed by atoms with Gasteiger partial charge < -0.3 is 5.11 Å². The Bertz CT molecular complexity index is 462. The van der Waals surface area contributed by atoms with Crippen LogP contribution >= 0.6 is 0 Å². The van der Waals surface area contributed by atoms with Crippen LogP contribution in [0.3, 0.4) is 0 Å². The van der Waals surface area contributed by atoms with Crippen LogP contribution in [0.2, 0.25) is 0 Å². The average molecular weight is 217 g/mol. The molecule has 84 valence electrons. The van der Waals surface area contributed by atoms with E-state index < -0.39 is 0 Å². The van der Waals surface area contributed by atoms with Crippen molar-refractivity contribution in [3.05, 3.63) is 36.0 Å². The van der Waals surface area contributed by atoms with Crippen molar-refractivity contribution in [2.45, 2.75) is 26.5 Å². The van der Waals surface area contributed by atoms with Gasteiger partial charge in [0.25, 0.3) is 0 Å². The van der Waals surface area contributed by atoms with E-state index in [2.05, 4.69) is 10.3 Å². The molecule has 0 saturated carbocycles. The largest absolute Gasteiger partial charge is 0.390 e. The molecule has 1 N–H and O–H groups in total. The molecule has 4 nitrogen and oxygen atoms in total. The van der Waals surface area contributed by atoms with Crippen LogP contribution in [-0.4, -0.2) is 20.1 Å². The second kappa shape index (κ2) is 4.45. The Labute approximate surface area is 94.5 Å². The van der Waals surface area contributed by atoms with Crippen molar-refractivity contribution in [3.63, 3.8) is 0 Å². The lowest BCUT2D eigenvalue weighted by Gasteiger charge is -2.10. The molecule has 0 unspecified atom stereocenters. The van der Waals surface area contributed by atoms with Crippen LogP contribution in [0, 0.1) is 0 Å². The van der Waals surface area contributed by atoms with E-state index >= 15 is 0 Å². The lowest BCUT2D eigenvalue weighted by molar-refractivity contribution is 0.277. The minimum atomic E-state index is -0.0864. The number of aliphatic hydroxyl groups is 1. The summed E-state index contributed by atoms with van der Waals surface area (Å²) in [6, 6.07) is 10.1. The molecule has 0 radical (unpaired) electrons. The second-order valence-electron chi connectivity index (χ2n) is 3.95. The third kappa shape index (κ3) is 1.84. The van der Waals surface area contributed by atoms with Gasteiger partial charge in [-0.1, -0.05) is 35.5 Å². The molecule has 0 aliphatic carbocycles. The van der Waals surface area contributed by atoms with Gasteiger partial charge >= 0.3 is 0 Å². The maximum Gasteiger partial charge on any atom is 0.116 e. The molecular weight excluding hydrogens is 202 g/mol. The van der Waals surface area contributed by atoms with Gasteiger partial charge in [-0.15, -0.1) is 5.10 Å². The van der Waals surface area contributed by atoms with E-state index in [1.807, 2.05) is 48.9 Å². The van der Waals surface area contributed by atoms with Gasteiger partial charge in [0.15, 0.2) is 0 Å². The number of hydrogen-bond acceptors (Lipinski definition) is 3. The molecule has 0 aliphatic rings. The van der Waals surface area contributed by atoms with E-state index in [1.54, 1.807) is 0 Å². The van der Waals surface area contributed by atoms with Gasteiger partial charge in [-0.25, -0.2) is 4.68 Å². The van der Waals surface area contributed by atoms with E-state index in [0.717, 1.165) is 11.3 Å². The first-order chi connectivity index (χ1) is 7.74. The Hall–Kier alpha value is -1.68. The van der Waals surface area contributed by atoms with Crippen molar-refractivity contribution < 1.29 is 5.11 Å². The summed E-state index contributed by atoms with van der Waals surface area (Å²) in [7, 11) is 0. The molecule has 0 amide bonds. The highest BCUT2D eigenvalue weighted by molar-refractivity contribution is 5.61. The molecule has 0 fully saturated rings. The van der Waals surface area contributed by atoms with Gasteiger partial charge in [0, 0.05) is 11.6 Å². The lowest BCUT2D eigenvalue weighted by atomic mass is 10.1. The van der Waals surface area contributed by atoms with Crippen LogP contribution in [0.5, 0.6) is 0 Å². The lowest BCUT2D eigenvalue weighted by Crippen LogP contribution is -2.05. The minimum Gasteiger partial charge on any atom is -0.390 e. The van der Waals surface area contributed by atoms with Gasteiger partial charge in [-0.2, -0.15) is 0 Å². The first-order valence-electron chi connectivity index (χ1n) is 5.34. The van der Waals surface area contributed by atoms with Crippen LogP contribution in [0.15, 0.2) is 30.3 Å². The van der Waals surface area contributed by atoms with Gasteiger partial charge in [0.05, 0.1) is 12.3 Å². The van der Waals surface area contributed by atoms with Crippen LogP contribution in [-0.2, 0) is 6.61 Å². The Balaban J connectivity index is 2.57. The Morgan fingerprint density at radius 1 is 1.25 bits per heavy atom. The Morgan fingerprint density at radius 2 is 1.94 bits per heavy atom. The molecule has 0 atom stereocenters. The Morgan fingerprint density at radius 3 is 2.50 bits per heavy atom. The third-order valence-corrected chi connectivity index (χ3v) is 2.45. The second-order valence-corrected chi connectivity index (χ2v) is 3.95. The quantitative estimate of drug-likeness (QED) is 0.855. The summed E-state index contributed by atoms with van der Waals surface area (Å²) in [4.78, 5) is 0. The van der Waals surface area contributed by atoms with Gasteiger partial charge in [0.2, 0.25) is 0 Å². The van der Waals surface area contributed by atoms with Crippen molar-refractivity contribution in [2.24, 2.45) is 0 Å². The first kappa shape index (κ1) is 10.8. The predicted octanol–water partition coefficient (Wildman–Crippen LogP) is 2.02. The molecule has 0 saturated heterocycles. The predicted molar refractivity (Wildman–Crippen MR) is 61.8 cm³/mol. The summed E-state index contributed by atoms with van der Waals surface area (Å²) in [5.41, 5.74) is 2.56. The highest BCUT2D eigenvalue weighted by Crippen LogP contribution is 2.24. The molecule has 0 spiro atoms. The average Bonchev–Trinajstić information content (AvgIpc) is 2.73. The van der Waals surface area contributed by atoms with Crippen LogP contribution in [0.25, 0.3) is 11.3 Å². The van der Waals surface area contributed by atoms with Crippen LogP contribution in [0.1, 0.15) is 25.6 Å². The molecule has 1 aromatic carbocycles. The molecule has 0 aliphatic heterocycles. The number of benzene rings is 1. The van der Waals surface area contributed by atoms with Crippen molar-refractivity contribution in [1.82, 2.24) is 15.0 Å². The molecular formula is C12H15N3O. The van der Waals surface area contributed by atoms with Crippen LogP contribution < -0.4 is 0 Å². The first-order valence-corrected chi connectivity index (χ1v) is 5.34. The summed E-state index contributed by atoms with van der Waals surface area (Å²) in [6.07, 6.45) is 0. The summed E-state index contributed by atoms with van der Waals surface area (Å²) in [5.74, 6) is 0. The maximum absolute atomic E-state index is 9.26.